The highest BCUT2D eigenvalue weighted by Crippen LogP contribution is 2.28. The number of nitrogens with zero attached hydrogens (tertiary/aromatic N) is 4. The molecule has 0 aliphatic carbocycles. The molecule has 2 N–H and O–H groups in total. The third-order valence-electron chi connectivity index (χ3n) is 3.48. The Balaban J connectivity index is 2.24. The monoisotopic (exact) mass is 269 g/mol. The minimum absolute atomic E-state index is 0.676. The van der Waals surface area contributed by atoms with Gasteiger partial charge in [0.15, 0.2) is 0 Å². The van der Waals surface area contributed by atoms with Crippen molar-refractivity contribution in [2.75, 3.05) is 5.73 Å². The van der Waals surface area contributed by atoms with Crippen molar-refractivity contribution in [3.8, 4) is 11.4 Å². The maximum atomic E-state index is 6.31. The Bertz CT molecular complexity index is 766. The van der Waals surface area contributed by atoms with Crippen LogP contribution in [0.3, 0.4) is 0 Å². The molecule has 3 heterocycles. The van der Waals surface area contributed by atoms with E-state index < -0.39 is 0 Å². The predicted molar refractivity (Wildman–Crippen MR) is 80.6 cm³/mol. The SMILES string of the molecule is CCCn1nccc1-c1nc2cc(C)cc(C)n2c1N. The molecule has 0 radical (unpaired) electrons. The van der Waals surface area contributed by atoms with E-state index in [1.165, 1.54) is 5.56 Å². The molecule has 5 nitrogen and oxygen atoms in total. The first kappa shape index (κ1) is 12.7. The van der Waals surface area contributed by atoms with Gasteiger partial charge >= 0.3 is 0 Å². The van der Waals surface area contributed by atoms with Crippen molar-refractivity contribution in [1.82, 2.24) is 19.2 Å². The number of aryl methyl sites for hydroxylation is 3. The van der Waals surface area contributed by atoms with Gasteiger partial charge in [0.2, 0.25) is 0 Å². The van der Waals surface area contributed by atoms with Crippen LogP contribution in [0, 0.1) is 13.8 Å². The van der Waals surface area contributed by atoms with Gasteiger partial charge in [-0.3, -0.25) is 9.08 Å². The van der Waals surface area contributed by atoms with Crippen LogP contribution in [0.25, 0.3) is 17.0 Å². The average molecular weight is 269 g/mol. The van der Waals surface area contributed by atoms with Gasteiger partial charge in [0.25, 0.3) is 0 Å². The normalized spacial score (nSPS) is 11.3. The van der Waals surface area contributed by atoms with Crippen molar-refractivity contribution in [3.05, 3.63) is 35.7 Å². The number of pyridine rings is 1. The Morgan fingerprint density at radius 3 is 2.80 bits per heavy atom. The first-order valence-electron chi connectivity index (χ1n) is 6.89. The summed E-state index contributed by atoms with van der Waals surface area (Å²) in [7, 11) is 0. The second-order valence-electron chi connectivity index (χ2n) is 5.15. The second kappa shape index (κ2) is 4.67. The molecule has 0 saturated carbocycles. The predicted octanol–water partition coefficient (Wildman–Crippen LogP) is 2.81. The van der Waals surface area contributed by atoms with E-state index >= 15 is 0 Å². The lowest BCUT2D eigenvalue weighted by Gasteiger charge is -2.05. The molecular weight excluding hydrogens is 250 g/mol. The standard InChI is InChI=1S/C15H19N5/c1-4-7-19-12(5-6-17-19)14-15(16)20-11(3)8-10(2)9-13(20)18-14/h5-6,8-9H,4,7,16H2,1-3H3. The van der Waals surface area contributed by atoms with Gasteiger partial charge in [-0.25, -0.2) is 4.98 Å². The summed E-state index contributed by atoms with van der Waals surface area (Å²) in [6.45, 7) is 7.11. The molecule has 0 unspecified atom stereocenters. The molecule has 0 spiro atoms. The Morgan fingerprint density at radius 2 is 2.05 bits per heavy atom. The summed E-state index contributed by atoms with van der Waals surface area (Å²) < 4.78 is 3.95. The summed E-state index contributed by atoms with van der Waals surface area (Å²) in [6, 6.07) is 6.13. The third-order valence-corrected chi connectivity index (χ3v) is 3.48. The van der Waals surface area contributed by atoms with Crippen molar-refractivity contribution in [2.45, 2.75) is 33.7 Å². The summed E-state index contributed by atoms with van der Waals surface area (Å²) in [4.78, 5) is 4.70. The number of rotatable bonds is 3. The maximum absolute atomic E-state index is 6.31. The Labute approximate surface area is 118 Å². The molecule has 5 heteroatoms. The van der Waals surface area contributed by atoms with E-state index in [-0.39, 0.29) is 0 Å². The van der Waals surface area contributed by atoms with Crippen LogP contribution in [0.15, 0.2) is 24.4 Å². The van der Waals surface area contributed by atoms with E-state index in [2.05, 4.69) is 25.0 Å². The van der Waals surface area contributed by atoms with E-state index in [1.807, 2.05) is 28.1 Å². The van der Waals surface area contributed by atoms with Crippen LogP contribution in [0.2, 0.25) is 0 Å². The molecule has 0 atom stereocenters. The highest BCUT2D eigenvalue weighted by Gasteiger charge is 2.16. The van der Waals surface area contributed by atoms with Gasteiger partial charge < -0.3 is 5.73 Å². The van der Waals surface area contributed by atoms with Gasteiger partial charge in [0, 0.05) is 18.4 Å². The van der Waals surface area contributed by atoms with E-state index in [0.29, 0.717) is 5.82 Å². The minimum Gasteiger partial charge on any atom is -0.383 e. The molecule has 3 aromatic heterocycles. The summed E-state index contributed by atoms with van der Waals surface area (Å²) >= 11 is 0. The average Bonchev–Trinajstić information content (AvgIpc) is 2.94. The van der Waals surface area contributed by atoms with Crippen LogP contribution in [0.1, 0.15) is 24.6 Å². The number of nitrogens with two attached hydrogens (primary N) is 1. The lowest BCUT2D eigenvalue weighted by molar-refractivity contribution is 0.608. The zero-order chi connectivity index (χ0) is 14.3. The summed E-state index contributed by atoms with van der Waals surface area (Å²) in [6.07, 6.45) is 2.83. The number of aromatic nitrogens is 4. The van der Waals surface area contributed by atoms with Crippen molar-refractivity contribution >= 4 is 11.5 Å². The maximum Gasteiger partial charge on any atom is 0.139 e. The molecular formula is C15H19N5. The van der Waals surface area contributed by atoms with Crippen molar-refractivity contribution in [3.63, 3.8) is 0 Å². The summed E-state index contributed by atoms with van der Waals surface area (Å²) in [5.41, 5.74) is 11.3. The third kappa shape index (κ3) is 1.86. The van der Waals surface area contributed by atoms with E-state index in [1.54, 1.807) is 6.20 Å². The molecule has 0 aliphatic rings. The zero-order valence-corrected chi connectivity index (χ0v) is 12.1. The summed E-state index contributed by atoms with van der Waals surface area (Å²) in [5, 5.41) is 4.35. The first-order chi connectivity index (χ1) is 9.61. The smallest absolute Gasteiger partial charge is 0.139 e. The van der Waals surface area contributed by atoms with E-state index in [9.17, 15) is 0 Å². The van der Waals surface area contributed by atoms with Crippen LogP contribution in [-0.4, -0.2) is 19.2 Å². The van der Waals surface area contributed by atoms with Crippen LogP contribution in [-0.2, 0) is 6.54 Å². The molecule has 20 heavy (non-hydrogen) atoms. The Hall–Kier alpha value is -2.30. The molecule has 3 aromatic rings. The van der Waals surface area contributed by atoms with Crippen molar-refractivity contribution in [2.24, 2.45) is 0 Å². The number of anilines is 1. The van der Waals surface area contributed by atoms with Gasteiger partial charge in [-0.05, 0) is 44.0 Å². The van der Waals surface area contributed by atoms with Crippen molar-refractivity contribution in [1.29, 1.82) is 0 Å². The largest absolute Gasteiger partial charge is 0.383 e. The van der Waals surface area contributed by atoms with Crippen LogP contribution >= 0.6 is 0 Å². The highest BCUT2D eigenvalue weighted by atomic mass is 15.3. The number of imidazole rings is 1. The molecule has 104 valence electrons. The highest BCUT2D eigenvalue weighted by molar-refractivity contribution is 5.73. The molecule has 0 aromatic carbocycles. The fourth-order valence-electron chi connectivity index (χ4n) is 2.67. The van der Waals surface area contributed by atoms with Crippen LogP contribution in [0.4, 0.5) is 5.82 Å². The Morgan fingerprint density at radius 1 is 1.25 bits per heavy atom. The number of hydrogen-bond donors (Lipinski definition) is 1. The molecule has 0 bridgehead atoms. The first-order valence-corrected chi connectivity index (χ1v) is 6.89. The summed E-state index contributed by atoms with van der Waals surface area (Å²) in [5.74, 6) is 0.676. The topological polar surface area (TPSA) is 61.1 Å². The minimum atomic E-state index is 0.676. The molecule has 0 amide bonds. The van der Waals surface area contributed by atoms with Gasteiger partial charge in [0.1, 0.15) is 17.2 Å². The lowest BCUT2D eigenvalue weighted by Crippen LogP contribution is -2.03. The van der Waals surface area contributed by atoms with E-state index in [4.69, 9.17) is 10.7 Å². The lowest BCUT2D eigenvalue weighted by atomic mass is 10.2. The van der Waals surface area contributed by atoms with Gasteiger partial charge in [0.05, 0.1) is 5.69 Å². The quantitative estimate of drug-likeness (QED) is 0.795. The van der Waals surface area contributed by atoms with Crippen LogP contribution in [0.5, 0.6) is 0 Å². The fraction of sp³-hybridized carbons (Fsp3) is 0.333. The number of fused-ring (bicyclic) bond motifs is 1. The zero-order valence-electron chi connectivity index (χ0n) is 12.1. The van der Waals surface area contributed by atoms with Gasteiger partial charge in [-0.15, -0.1) is 0 Å². The molecule has 0 aliphatic heterocycles. The molecule has 0 saturated heterocycles. The van der Waals surface area contributed by atoms with Gasteiger partial charge in [-0.2, -0.15) is 5.10 Å². The number of nitrogen functional groups attached to an aromatic ring is 1. The molecule has 3 rings (SSSR count). The van der Waals surface area contributed by atoms with E-state index in [0.717, 1.165) is 35.7 Å². The second-order valence-corrected chi connectivity index (χ2v) is 5.15. The molecule has 0 fully saturated rings. The van der Waals surface area contributed by atoms with Crippen molar-refractivity contribution < 1.29 is 0 Å². The van der Waals surface area contributed by atoms with Gasteiger partial charge in [-0.1, -0.05) is 6.92 Å². The van der Waals surface area contributed by atoms with Crippen LogP contribution < -0.4 is 5.73 Å². The fourth-order valence-corrected chi connectivity index (χ4v) is 2.67. The number of hydrogen-bond acceptors (Lipinski definition) is 3. The Kier molecular flexibility index (Phi) is 2.97.